The summed E-state index contributed by atoms with van der Waals surface area (Å²) in [5.74, 6) is -2.70. The zero-order chi connectivity index (χ0) is 25.3. The summed E-state index contributed by atoms with van der Waals surface area (Å²) in [4.78, 5) is 38.4. The Kier molecular flexibility index (Phi) is 6.79. The van der Waals surface area contributed by atoms with Gasteiger partial charge in [-0.3, -0.25) is 9.59 Å². The van der Waals surface area contributed by atoms with Crippen LogP contribution in [0.1, 0.15) is 56.0 Å². The molecule has 0 saturated heterocycles. The van der Waals surface area contributed by atoms with Crippen LogP contribution in [0.4, 0.5) is 9.18 Å². The molecule has 0 spiro atoms. The summed E-state index contributed by atoms with van der Waals surface area (Å²) in [5, 5.41) is 10.5. The van der Waals surface area contributed by atoms with Crippen molar-refractivity contribution in [3.8, 4) is 0 Å². The fourth-order valence-corrected chi connectivity index (χ4v) is 4.85. The van der Waals surface area contributed by atoms with Crippen LogP contribution in [0.15, 0.2) is 42.5 Å². The van der Waals surface area contributed by atoms with Crippen LogP contribution in [0.5, 0.6) is 0 Å². The van der Waals surface area contributed by atoms with E-state index in [2.05, 4.69) is 0 Å². The van der Waals surface area contributed by atoms with E-state index >= 15 is 0 Å². The number of aromatic nitrogens is 1. The number of hydrogen-bond acceptors (Lipinski definition) is 4. The molecule has 0 amide bonds. The fraction of sp³-hybridized carbons (Fsp3) is 0.393. The van der Waals surface area contributed by atoms with E-state index in [9.17, 15) is 23.9 Å². The largest absolute Gasteiger partial charge is 0.481 e. The number of carbonyl (C=O) groups is 3. The molecule has 0 radical (unpaired) electrons. The summed E-state index contributed by atoms with van der Waals surface area (Å²) < 4.78 is 21.5. The maximum Gasteiger partial charge on any atom is 0.419 e. The van der Waals surface area contributed by atoms with Crippen LogP contribution in [-0.2, 0) is 40.0 Å². The highest BCUT2D eigenvalue weighted by atomic mass is 19.1. The van der Waals surface area contributed by atoms with Gasteiger partial charge in [-0.1, -0.05) is 24.3 Å². The van der Waals surface area contributed by atoms with Crippen LogP contribution in [0.25, 0.3) is 10.9 Å². The summed E-state index contributed by atoms with van der Waals surface area (Å²) in [5.41, 5.74) is 2.67. The monoisotopic (exact) mass is 479 g/mol. The van der Waals surface area contributed by atoms with Gasteiger partial charge in [-0.15, -0.1) is 0 Å². The lowest BCUT2D eigenvalue weighted by atomic mass is 9.91. The van der Waals surface area contributed by atoms with Gasteiger partial charge in [0, 0.05) is 23.9 Å². The molecule has 4 rings (SSSR count). The molecule has 0 saturated carbocycles. The Hall–Kier alpha value is -3.48. The highest BCUT2D eigenvalue weighted by molar-refractivity contribution is 5.97. The standard InChI is InChI=1S/C28H30FNO5/c1-28(2,3)35-27(34)30-24-9-5-4-8-22(24)23-16-21(31)15-19(26(32)33)12-18-11-17(13-20(29)14-18)7-6-10-25(23)30/h4-5,8-9,11,13-14,19H,6-7,10,12,15-16H2,1-3H3,(H,32,33)/t19-/m1/s1. The molecule has 0 fully saturated rings. The van der Waals surface area contributed by atoms with Crippen LogP contribution in [-0.4, -0.2) is 33.1 Å². The Bertz CT molecular complexity index is 1300. The van der Waals surface area contributed by atoms with Crippen molar-refractivity contribution < 1.29 is 28.6 Å². The van der Waals surface area contributed by atoms with Crippen molar-refractivity contribution in [1.82, 2.24) is 4.57 Å². The molecule has 184 valence electrons. The predicted molar refractivity (Wildman–Crippen MR) is 130 cm³/mol. The number of benzene rings is 2. The quantitative estimate of drug-likeness (QED) is 0.498. The van der Waals surface area contributed by atoms with Crippen LogP contribution >= 0.6 is 0 Å². The molecule has 1 aliphatic rings. The molecule has 1 heterocycles. The molecule has 1 N–H and O–H groups in total. The number of carbonyl (C=O) groups excluding carboxylic acids is 2. The zero-order valence-corrected chi connectivity index (χ0v) is 20.3. The van der Waals surface area contributed by atoms with E-state index in [4.69, 9.17) is 4.74 Å². The van der Waals surface area contributed by atoms with E-state index in [0.717, 1.165) is 16.5 Å². The van der Waals surface area contributed by atoms with Crippen molar-refractivity contribution in [2.24, 2.45) is 5.92 Å². The molecule has 7 heteroatoms. The zero-order valence-electron chi connectivity index (χ0n) is 20.3. The van der Waals surface area contributed by atoms with Crippen molar-refractivity contribution in [1.29, 1.82) is 0 Å². The van der Waals surface area contributed by atoms with E-state index in [1.807, 2.05) is 30.3 Å². The highest BCUT2D eigenvalue weighted by Gasteiger charge is 2.28. The first-order chi connectivity index (χ1) is 16.5. The van der Waals surface area contributed by atoms with Gasteiger partial charge >= 0.3 is 12.1 Å². The second kappa shape index (κ2) is 9.64. The summed E-state index contributed by atoms with van der Waals surface area (Å²) in [6.07, 6.45) is 1.04. The first-order valence-electron chi connectivity index (χ1n) is 11.9. The second-order valence-electron chi connectivity index (χ2n) is 10.2. The number of carboxylic acid groups (broad SMARTS) is 1. The van der Waals surface area contributed by atoms with Crippen molar-refractivity contribution >= 4 is 28.7 Å². The molecule has 1 atom stereocenters. The minimum Gasteiger partial charge on any atom is -0.481 e. The number of para-hydroxylation sites is 1. The topological polar surface area (TPSA) is 85.6 Å². The number of hydrogen-bond donors (Lipinski definition) is 1. The number of aliphatic carboxylic acids is 1. The minimum atomic E-state index is -1.09. The number of ketones is 1. The van der Waals surface area contributed by atoms with Gasteiger partial charge in [-0.05, 0) is 81.3 Å². The summed E-state index contributed by atoms with van der Waals surface area (Å²) in [7, 11) is 0. The summed E-state index contributed by atoms with van der Waals surface area (Å²) >= 11 is 0. The lowest BCUT2D eigenvalue weighted by molar-refractivity contribution is -0.143. The number of rotatable bonds is 1. The van der Waals surface area contributed by atoms with Gasteiger partial charge in [0.2, 0.25) is 0 Å². The van der Waals surface area contributed by atoms with Crippen molar-refractivity contribution in [3.63, 3.8) is 0 Å². The molecule has 6 nitrogen and oxygen atoms in total. The van der Waals surface area contributed by atoms with E-state index in [0.29, 0.717) is 36.0 Å². The molecule has 2 aromatic carbocycles. The number of carboxylic acids is 1. The second-order valence-corrected chi connectivity index (χ2v) is 10.2. The molecule has 3 aromatic rings. The number of fused-ring (bicyclic) bond motifs is 5. The lowest BCUT2D eigenvalue weighted by Crippen LogP contribution is -2.28. The Morgan fingerprint density at radius 1 is 1.06 bits per heavy atom. The molecular weight excluding hydrogens is 449 g/mol. The lowest BCUT2D eigenvalue weighted by Gasteiger charge is -2.21. The normalized spacial score (nSPS) is 17.1. The minimum absolute atomic E-state index is 0.0152. The highest BCUT2D eigenvalue weighted by Crippen LogP contribution is 2.31. The Balaban J connectivity index is 1.84. The van der Waals surface area contributed by atoms with Gasteiger partial charge in [0.1, 0.15) is 17.2 Å². The van der Waals surface area contributed by atoms with Crippen LogP contribution in [0, 0.1) is 11.7 Å². The Labute approximate surface area is 203 Å². The molecule has 1 aliphatic carbocycles. The van der Waals surface area contributed by atoms with Crippen LogP contribution in [0.2, 0.25) is 0 Å². The fourth-order valence-electron chi connectivity index (χ4n) is 4.85. The van der Waals surface area contributed by atoms with Gasteiger partial charge < -0.3 is 9.84 Å². The smallest absolute Gasteiger partial charge is 0.419 e. The van der Waals surface area contributed by atoms with Gasteiger partial charge in [-0.25, -0.2) is 13.8 Å². The Morgan fingerprint density at radius 2 is 1.77 bits per heavy atom. The average molecular weight is 480 g/mol. The van der Waals surface area contributed by atoms with Gasteiger partial charge in [0.05, 0.1) is 11.4 Å². The SMILES string of the molecule is CC(C)(C)OC(=O)n1c2c(c3ccccc31)CC(=O)C[C@H](C(=O)O)Cc1cc(F)cc(c1)CCC2. The third-order valence-corrected chi connectivity index (χ3v) is 6.24. The van der Waals surface area contributed by atoms with Crippen LogP contribution in [0.3, 0.4) is 0 Å². The number of halogens is 1. The van der Waals surface area contributed by atoms with Crippen molar-refractivity contribution in [3.05, 3.63) is 70.7 Å². The van der Waals surface area contributed by atoms with E-state index < -0.39 is 29.4 Å². The number of aryl methyl sites for hydroxylation is 1. The molecule has 1 aromatic heterocycles. The number of Topliss-reactive ketones (excluding diaryl/α,β-unsaturated/α-hetero) is 1. The summed E-state index contributed by atoms with van der Waals surface area (Å²) in [6, 6.07) is 12.0. The molecule has 0 aliphatic heterocycles. The molecule has 0 unspecified atom stereocenters. The van der Waals surface area contributed by atoms with Gasteiger partial charge in [0.15, 0.2) is 0 Å². The third-order valence-electron chi connectivity index (χ3n) is 6.24. The first kappa shape index (κ1) is 24.6. The van der Waals surface area contributed by atoms with Gasteiger partial charge in [0.25, 0.3) is 0 Å². The molecule has 35 heavy (non-hydrogen) atoms. The maximum absolute atomic E-state index is 14.3. The first-order valence-corrected chi connectivity index (χ1v) is 11.9. The Morgan fingerprint density at radius 3 is 2.49 bits per heavy atom. The maximum atomic E-state index is 14.3. The van der Waals surface area contributed by atoms with Gasteiger partial charge in [-0.2, -0.15) is 0 Å². The number of ether oxygens (including phenoxy) is 1. The van der Waals surface area contributed by atoms with Crippen molar-refractivity contribution in [2.45, 2.75) is 64.9 Å². The predicted octanol–water partition coefficient (Wildman–Crippen LogP) is 5.50. The number of nitrogens with zero attached hydrogens (tertiary/aromatic N) is 1. The summed E-state index contributed by atoms with van der Waals surface area (Å²) in [6.45, 7) is 5.39. The van der Waals surface area contributed by atoms with E-state index in [-0.39, 0.29) is 25.0 Å². The average Bonchev–Trinajstić information content (AvgIpc) is 3.04. The van der Waals surface area contributed by atoms with E-state index in [1.165, 1.54) is 16.7 Å². The molecule has 2 bridgehead atoms. The van der Waals surface area contributed by atoms with Crippen molar-refractivity contribution in [2.75, 3.05) is 0 Å². The van der Waals surface area contributed by atoms with E-state index in [1.54, 1.807) is 20.8 Å². The molecular formula is C28H30FNO5. The third kappa shape index (κ3) is 5.61. The van der Waals surface area contributed by atoms with Crippen LogP contribution < -0.4 is 0 Å².